The van der Waals surface area contributed by atoms with E-state index in [1.807, 2.05) is 0 Å². The summed E-state index contributed by atoms with van der Waals surface area (Å²) in [5.41, 5.74) is 0.394. The third-order valence-electron chi connectivity index (χ3n) is 4.08. The fourth-order valence-corrected chi connectivity index (χ4v) is 2.64. The summed E-state index contributed by atoms with van der Waals surface area (Å²) in [5.74, 6) is -0.372. The SMILES string of the molecule is CCOC(=O)CC(NC(=O)c1ccc(=O)n(CCOC)n1)c1cccc(OC)c1. The standard InChI is InChI=1S/C20H25N3O6/c1-4-29-19(25)13-17(14-6-5-7-15(12-14)28-3)21-20(26)16-8-9-18(24)23(22-16)10-11-27-2/h5-9,12,17H,4,10-11,13H2,1-3H3,(H,21,26). The molecule has 156 valence electrons. The second-order valence-electron chi connectivity index (χ2n) is 6.08. The lowest BCUT2D eigenvalue weighted by Crippen LogP contribution is -2.33. The monoisotopic (exact) mass is 403 g/mol. The molecule has 9 nitrogen and oxygen atoms in total. The van der Waals surface area contributed by atoms with Crippen molar-refractivity contribution in [2.45, 2.75) is 25.9 Å². The maximum atomic E-state index is 12.8. The van der Waals surface area contributed by atoms with E-state index < -0.39 is 17.9 Å². The molecule has 0 aliphatic heterocycles. The number of hydrogen-bond acceptors (Lipinski definition) is 7. The number of carbonyl (C=O) groups excluding carboxylic acids is 2. The minimum Gasteiger partial charge on any atom is -0.497 e. The smallest absolute Gasteiger partial charge is 0.308 e. The van der Waals surface area contributed by atoms with Gasteiger partial charge in [-0.05, 0) is 30.7 Å². The molecule has 0 aliphatic rings. The van der Waals surface area contributed by atoms with Gasteiger partial charge in [-0.25, -0.2) is 4.68 Å². The van der Waals surface area contributed by atoms with Gasteiger partial charge in [0, 0.05) is 13.2 Å². The largest absolute Gasteiger partial charge is 0.497 e. The van der Waals surface area contributed by atoms with E-state index in [9.17, 15) is 14.4 Å². The van der Waals surface area contributed by atoms with Gasteiger partial charge in [-0.1, -0.05) is 12.1 Å². The van der Waals surface area contributed by atoms with Gasteiger partial charge in [-0.2, -0.15) is 5.10 Å². The Balaban J connectivity index is 2.26. The molecule has 0 saturated heterocycles. The number of benzene rings is 1. The van der Waals surface area contributed by atoms with Crippen LogP contribution < -0.4 is 15.6 Å². The van der Waals surface area contributed by atoms with E-state index in [4.69, 9.17) is 14.2 Å². The molecule has 0 saturated carbocycles. The van der Waals surface area contributed by atoms with Crippen LogP contribution in [0.5, 0.6) is 5.75 Å². The van der Waals surface area contributed by atoms with Gasteiger partial charge in [0.2, 0.25) is 0 Å². The van der Waals surface area contributed by atoms with Gasteiger partial charge < -0.3 is 19.5 Å². The third kappa shape index (κ3) is 6.42. The average Bonchev–Trinajstić information content (AvgIpc) is 2.72. The Morgan fingerprint density at radius 1 is 1.21 bits per heavy atom. The predicted octanol–water partition coefficient (Wildman–Crippen LogP) is 1.32. The van der Waals surface area contributed by atoms with Gasteiger partial charge in [-0.15, -0.1) is 0 Å². The van der Waals surface area contributed by atoms with E-state index in [2.05, 4.69) is 10.4 Å². The van der Waals surface area contributed by atoms with Crippen LogP contribution in [-0.2, 0) is 20.8 Å². The van der Waals surface area contributed by atoms with Crippen LogP contribution in [0.1, 0.15) is 35.4 Å². The Kier molecular flexibility index (Phi) is 8.35. The molecule has 1 atom stereocenters. The van der Waals surface area contributed by atoms with Gasteiger partial charge >= 0.3 is 5.97 Å². The quantitative estimate of drug-likeness (QED) is 0.596. The lowest BCUT2D eigenvalue weighted by Gasteiger charge is -2.19. The van der Waals surface area contributed by atoms with E-state index in [0.29, 0.717) is 11.3 Å². The molecule has 1 aromatic carbocycles. The Bertz CT molecular complexity index is 896. The first-order valence-corrected chi connectivity index (χ1v) is 9.16. The summed E-state index contributed by atoms with van der Waals surface area (Å²) in [6, 6.07) is 8.99. The average molecular weight is 403 g/mol. The molecule has 0 fully saturated rings. The second kappa shape index (κ2) is 11.0. The number of methoxy groups -OCH3 is 2. The predicted molar refractivity (Wildman–Crippen MR) is 105 cm³/mol. The molecule has 0 radical (unpaired) electrons. The Hall–Kier alpha value is -3.20. The van der Waals surface area contributed by atoms with E-state index in [1.165, 1.54) is 26.4 Å². The molecule has 0 aliphatic carbocycles. The highest BCUT2D eigenvalue weighted by atomic mass is 16.5. The highest BCUT2D eigenvalue weighted by Crippen LogP contribution is 2.22. The van der Waals surface area contributed by atoms with Crippen molar-refractivity contribution >= 4 is 11.9 Å². The number of aromatic nitrogens is 2. The molecular formula is C20H25N3O6. The minimum atomic E-state index is -0.655. The Morgan fingerprint density at radius 2 is 2.00 bits per heavy atom. The summed E-state index contributed by atoms with van der Waals surface area (Å²) in [6.45, 7) is 2.46. The fourth-order valence-electron chi connectivity index (χ4n) is 2.64. The molecule has 1 heterocycles. The molecular weight excluding hydrogens is 378 g/mol. The van der Waals surface area contributed by atoms with Crippen molar-refractivity contribution in [1.82, 2.24) is 15.1 Å². The van der Waals surface area contributed by atoms with Crippen LogP contribution in [-0.4, -0.2) is 49.1 Å². The maximum Gasteiger partial charge on any atom is 0.308 e. The van der Waals surface area contributed by atoms with Gasteiger partial charge in [-0.3, -0.25) is 14.4 Å². The molecule has 1 N–H and O–H groups in total. The molecule has 0 spiro atoms. The zero-order valence-corrected chi connectivity index (χ0v) is 16.7. The third-order valence-corrected chi connectivity index (χ3v) is 4.08. The first-order chi connectivity index (χ1) is 14.0. The van der Waals surface area contributed by atoms with Crippen molar-refractivity contribution in [2.75, 3.05) is 27.4 Å². The first-order valence-electron chi connectivity index (χ1n) is 9.16. The number of nitrogens with one attached hydrogen (secondary N) is 1. The van der Waals surface area contributed by atoms with Crippen molar-refractivity contribution < 1.29 is 23.8 Å². The highest BCUT2D eigenvalue weighted by Gasteiger charge is 2.21. The molecule has 0 bridgehead atoms. The van der Waals surface area contributed by atoms with E-state index in [-0.39, 0.29) is 37.4 Å². The summed E-state index contributed by atoms with van der Waals surface area (Å²) in [5, 5.41) is 6.87. The van der Waals surface area contributed by atoms with Crippen molar-refractivity contribution in [3.8, 4) is 5.75 Å². The van der Waals surface area contributed by atoms with Gasteiger partial charge in [0.1, 0.15) is 11.4 Å². The number of amides is 1. The summed E-state index contributed by atoms with van der Waals surface area (Å²) in [7, 11) is 3.04. The summed E-state index contributed by atoms with van der Waals surface area (Å²) >= 11 is 0. The number of hydrogen-bond donors (Lipinski definition) is 1. The maximum absolute atomic E-state index is 12.8. The van der Waals surface area contributed by atoms with Crippen molar-refractivity contribution in [3.05, 3.63) is 58.0 Å². The minimum absolute atomic E-state index is 0.0532. The van der Waals surface area contributed by atoms with Crippen molar-refractivity contribution in [1.29, 1.82) is 0 Å². The highest BCUT2D eigenvalue weighted by molar-refractivity contribution is 5.92. The summed E-state index contributed by atoms with van der Waals surface area (Å²) < 4.78 is 16.3. The van der Waals surface area contributed by atoms with Crippen LogP contribution in [0, 0.1) is 0 Å². The molecule has 1 unspecified atom stereocenters. The van der Waals surface area contributed by atoms with Crippen LogP contribution in [0.15, 0.2) is 41.2 Å². The first kappa shape index (κ1) is 22.1. The van der Waals surface area contributed by atoms with Crippen molar-refractivity contribution in [2.24, 2.45) is 0 Å². The van der Waals surface area contributed by atoms with Gasteiger partial charge in [0.15, 0.2) is 0 Å². The molecule has 1 amide bonds. The van der Waals surface area contributed by atoms with Gasteiger partial charge in [0.05, 0.1) is 39.3 Å². The van der Waals surface area contributed by atoms with Crippen LogP contribution in [0.2, 0.25) is 0 Å². The van der Waals surface area contributed by atoms with Crippen LogP contribution in [0.3, 0.4) is 0 Å². The number of carbonyl (C=O) groups is 2. The normalized spacial score (nSPS) is 11.6. The van der Waals surface area contributed by atoms with Crippen LogP contribution >= 0.6 is 0 Å². The topological polar surface area (TPSA) is 109 Å². The molecule has 9 heteroatoms. The summed E-state index contributed by atoms with van der Waals surface area (Å²) in [4.78, 5) is 36.7. The molecule has 1 aromatic heterocycles. The van der Waals surface area contributed by atoms with Crippen molar-refractivity contribution in [3.63, 3.8) is 0 Å². The Labute approximate surface area is 168 Å². The van der Waals surface area contributed by atoms with E-state index in [1.54, 1.807) is 31.2 Å². The second-order valence-corrected chi connectivity index (χ2v) is 6.08. The van der Waals surface area contributed by atoms with E-state index >= 15 is 0 Å². The fraction of sp³-hybridized carbons (Fsp3) is 0.400. The molecule has 29 heavy (non-hydrogen) atoms. The number of rotatable bonds is 10. The molecule has 2 aromatic rings. The summed E-state index contributed by atoms with van der Waals surface area (Å²) in [6.07, 6.45) is -0.0595. The number of nitrogens with zero attached hydrogens (tertiary/aromatic N) is 2. The van der Waals surface area contributed by atoms with Gasteiger partial charge in [0.25, 0.3) is 11.5 Å². The zero-order valence-electron chi connectivity index (χ0n) is 16.7. The lowest BCUT2D eigenvalue weighted by molar-refractivity contribution is -0.143. The lowest BCUT2D eigenvalue weighted by atomic mass is 10.0. The van der Waals surface area contributed by atoms with E-state index in [0.717, 1.165) is 4.68 Å². The Morgan fingerprint density at radius 3 is 2.69 bits per heavy atom. The number of esters is 1. The molecule has 2 rings (SSSR count). The van der Waals surface area contributed by atoms with Crippen LogP contribution in [0.25, 0.3) is 0 Å². The zero-order chi connectivity index (χ0) is 21.2. The van der Waals surface area contributed by atoms with Crippen LogP contribution in [0.4, 0.5) is 0 Å². The number of ether oxygens (including phenoxy) is 3.